The Morgan fingerprint density at radius 2 is 1.94 bits per heavy atom. The van der Waals surface area contributed by atoms with Crippen LogP contribution in [0, 0.1) is 5.92 Å². The lowest BCUT2D eigenvalue weighted by Gasteiger charge is -2.31. The van der Waals surface area contributed by atoms with Crippen LogP contribution in [0.25, 0.3) is 0 Å². The minimum absolute atomic E-state index is 0.00451. The predicted molar refractivity (Wildman–Crippen MR) is 126 cm³/mol. The number of anilines is 2. The van der Waals surface area contributed by atoms with E-state index in [1.165, 1.54) is 11.2 Å². The van der Waals surface area contributed by atoms with Crippen molar-refractivity contribution >= 4 is 33.2 Å². The third-order valence-electron chi connectivity index (χ3n) is 6.34. The molecule has 2 heterocycles. The number of nitrogens with one attached hydrogen (secondary N) is 1. The molecule has 2 amide bonds. The number of rotatable bonds is 5. The number of piperidine rings is 1. The molecule has 9 heteroatoms. The smallest absolute Gasteiger partial charge is 0.243 e. The first-order chi connectivity index (χ1) is 15.7. The Hall–Kier alpha value is -2.91. The molecule has 2 aliphatic heterocycles. The van der Waals surface area contributed by atoms with Crippen molar-refractivity contribution in [1.29, 1.82) is 0 Å². The fourth-order valence-corrected chi connectivity index (χ4v) is 6.29. The average molecular weight is 472 g/mol. The van der Waals surface area contributed by atoms with Gasteiger partial charge in [-0.05, 0) is 62.1 Å². The van der Waals surface area contributed by atoms with E-state index in [-0.39, 0.29) is 29.3 Å². The van der Waals surface area contributed by atoms with Gasteiger partial charge in [-0.1, -0.05) is 6.07 Å². The topological polar surface area (TPSA) is 96.0 Å². The van der Waals surface area contributed by atoms with Gasteiger partial charge in [-0.2, -0.15) is 4.31 Å². The van der Waals surface area contributed by atoms with E-state index < -0.39 is 15.9 Å². The Balaban J connectivity index is 1.50. The SMILES string of the molecule is COc1cccc(NC(=O)[C@H]2CCCN(S(=O)(=O)c3ccc4c(c3)C[C@H](C)N4C(C)=O)C2)c1. The Labute approximate surface area is 194 Å². The average Bonchev–Trinajstić information content (AvgIpc) is 3.14. The molecular weight excluding hydrogens is 442 g/mol. The molecule has 4 rings (SSSR count). The van der Waals surface area contributed by atoms with E-state index in [4.69, 9.17) is 4.74 Å². The van der Waals surface area contributed by atoms with E-state index in [0.29, 0.717) is 37.2 Å². The molecule has 8 nitrogen and oxygen atoms in total. The van der Waals surface area contributed by atoms with E-state index in [1.54, 1.807) is 54.5 Å². The van der Waals surface area contributed by atoms with Gasteiger partial charge in [0.1, 0.15) is 5.75 Å². The molecule has 2 aromatic carbocycles. The van der Waals surface area contributed by atoms with Gasteiger partial charge in [-0.15, -0.1) is 0 Å². The van der Waals surface area contributed by atoms with Crippen LogP contribution in [0.3, 0.4) is 0 Å². The zero-order valence-corrected chi connectivity index (χ0v) is 19.9. The highest BCUT2D eigenvalue weighted by atomic mass is 32.2. The fourth-order valence-electron chi connectivity index (χ4n) is 4.72. The third-order valence-corrected chi connectivity index (χ3v) is 8.20. The first-order valence-corrected chi connectivity index (χ1v) is 12.5. The second-order valence-corrected chi connectivity index (χ2v) is 10.6. The van der Waals surface area contributed by atoms with Crippen molar-refractivity contribution in [3.8, 4) is 5.75 Å². The van der Waals surface area contributed by atoms with Gasteiger partial charge in [-0.25, -0.2) is 8.42 Å². The minimum atomic E-state index is -3.76. The van der Waals surface area contributed by atoms with Crippen LogP contribution in [0.1, 0.15) is 32.3 Å². The summed E-state index contributed by atoms with van der Waals surface area (Å²) in [6.45, 7) is 3.97. The van der Waals surface area contributed by atoms with Crippen LogP contribution < -0.4 is 15.0 Å². The van der Waals surface area contributed by atoms with Crippen LogP contribution in [0.2, 0.25) is 0 Å². The number of hydrogen-bond donors (Lipinski definition) is 1. The molecule has 0 aromatic heterocycles. The highest BCUT2D eigenvalue weighted by Crippen LogP contribution is 2.35. The molecule has 33 heavy (non-hydrogen) atoms. The number of ether oxygens (including phenoxy) is 1. The minimum Gasteiger partial charge on any atom is -0.497 e. The molecule has 0 spiro atoms. The van der Waals surface area contributed by atoms with Crippen molar-refractivity contribution in [3.63, 3.8) is 0 Å². The van der Waals surface area contributed by atoms with E-state index >= 15 is 0 Å². The molecule has 2 aromatic rings. The normalized spacial score (nSPS) is 20.9. The van der Waals surface area contributed by atoms with Gasteiger partial charge in [0.15, 0.2) is 0 Å². The van der Waals surface area contributed by atoms with Crippen molar-refractivity contribution in [1.82, 2.24) is 4.31 Å². The molecule has 0 radical (unpaired) electrons. The van der Waals surface area contributed by atoms with Gasteiger partial charge < -0.3 is 15.0 Å². The summed E-state index contributed by atoms with van der Waals surface area (Å²) in [5.41, 5.74) is 2.23. The number of amides is 2. The Morgan fingerprint density at radius 3 is 2.67 bits per heavy atom. The molecule has 2 atom stereocenters. The standard InChI is InChI=1S/C24H29N3O5S/c1-16-12-19-13-22(9-10-23(19)27(16)17(2)28)33(30,31)26-11-5-6-18(15-26)24(29)25-20-7-4-8-21(14-20)32-3/h4,7-10,13-14,16,18H,5-6,11-12,15H2,1-3H3,(H,25,29)/t16-,18-/m0/s1. The van der Waals surface area contributed by atoms with Crippen molar-refractivity contribution < 1.29 is 22.7 Å². The lowest BCUT2D eigenvalue weighted by Crippen LogP contribution is -2.43. The first kappa shape index (κ1) is 23.3. The molecule has 1 saturated heterocycles. The molecule has 1 fully saturated rings. The van der Waals surface area contributed by atoms with Gasteiger partial charge in [0, 0.05) is 43.5 Å². The number of sulfonamides is 1. The van der Waals surface area contributed by atoms with Crippen LogP contribution >= 0.6 is 0 Å². The van der Waals surface area contributed by atoms with Gasteiger partial charge >= 0.3 is 0 Å². The Kier molecular flexibility index (Phi) is 6.45. The van der Waals surface area contributed by atoms with Gasteiger partial charge in [-0.3, -0.25) is 9.59 Å². The largest absolute Gasteiger partial charge is 0.497 e. The Bertz CT molecular complexity index is 1180. The maximum absolute atomic E-state index is 13.4. The lowest BCUT2D eigenvalue weighted by atomic mass is 9.98. The molecule has 0 bridgehead atoms. The maximum Gasteiger partial charge on any atom is 0.243 e. The van der Waals surface area contributed by atoms with Crippen LogP contribution in [-0.4, -0.2) is 50.8 Å². The number of carbonyl (C=O) groups excluding carboxylic acids is 2. The molecule has 176 valence electrons. The summed E-state index contributed by atoms with van der Waals surface area (Å²) in [5.74, 6) is -0.0712. The van der Waals surface area contributed by atoms with Crippen LogP contribution in [0.4, 0.5) is 11.4 Å². The quantitative estimate of drug-likeness (QED) is 0.723. The van der Waals surface area contributed by atoms with Gasteiger partial charge in [0.25, 0.3) is 0 Å². The van der Waals surface area contributed by atoms with Crippen molar-refractivity contribution in [3.05, 3.63) is 48.0 Å². The predicted octanol–water partition coefficient (Wildman–Crippen LogP) is 3.03. The van der Waals surface area contributed by atoms with E-state index in [1.807, 2.05) is 6.92 Å². The highest BCUT2D eigenvalue weighted by molar-refractivity contribution is 7.89. The number of methoxy groups -OCH3 is 1. The molecule has 0 aliphatic carbocycles. The van der Waals surface area contributed by atoms with E-state index in [2.05, 4.69) is 5.32 Å². The molecule has 0 saturated carbocycles. The fraction of sp³-hybridized carbons (Fsp3) is 0.417. The van der Waals surface area contributed by atoms with Crippen LogP contribution in [0.15, 0.2) is 47.4 Å². The second kappa shape index (κ2) is 9.15. The van der Waals surface area contributed by atoms with Gasteiger partial charge in [0.2, 0.25) is 21.8 Å². The monoisotopic (exact) mass is 471 g/mol. The zero-order valence-electron chi connectivity index (χ0n) is 19.1. The van der Waals surface area contributed by atoms with Crippen molar-refractivity contribution in [2.75, 3.05) is 30.4 Å². The summed E-state index contributed by atoms with van der Waals surface area (Å²) in [6.07, 6.45) is 1.84. The number of hydrogen-bond acceptors (Lipinski definition) is 5. The molecular formula is C24H29N3O5S. The summed E-state index contributed by atoms with van der Waals surface area (Å²) in [5, 5.41) is 2.87. The van der Waals surface area contributed by atoms with Crippen molar-refractivity contribution in [2.45, 2.75) is 44.0 Å². The zero-order chi connectivity index (χ0) is 23.8. The number of carbonyl (C=O) groups is 2. The first-order valence-electron chi connectivity index (χ1n) is 11.1. The molecule has 0 unspecified atom stereocenters. The summed E-state index contributed by atoms with van der Waals surface area (Å²) >= 11 is 0. The third kappa shape index (κ3) is 4.60. The van der Waals surface area contributed by atoms with Crippen molar-refractivity contribution in [2.24, 2.45) is 5.92 Å². The Morgan fingerprint density at radius 1 is 1.15 bits per heavy atom. The molecule has 1 N–H and O–H groups in total. The second-order valence-electron chi connectivity index (χ2n) is 8.66. The highest BCUT2D eigenvalue weighted by Gasteiger charge is 2.35. The summed E-state index contributed by atoms with van der Waals surface area (Å²) in [6, 6.07) is 12.0. The van der Waals surface area contributed by atoms with E-state index in [0.717, 1.165) is 11.3 Å². The molecule has 2 aliphatic rings. The van der Waals surface area contributed by atoms with Crippen LogP contribution in [-0.2, 0) is 26.0 Å². The maximum atomic E-state index is 13.4. The van der Waals surface area contributed by atoms with E-state index in [9.17, 15) is 18.0 Å². The van der Waals surface area contributed by atoms with Crippen LogP contribution in [0.5, 0.6) is 5.75 Å². The number of benzene rings is 2. The summed E-state index contributed by atoms with van der Waals surface area (Å²) in [4.78, 5) is 26.7. The van der Waals surface area contributed by atoms with Gasteiger partial charge in [0.05, 0.1) is 17.9 Å². The summed E-state index contributed by atoms with van der Waals surface area (Å²) < 4.78 is 33.4. The number of fused-ring (bicyclic) bond motifs is 1. The number of nitrogens with zero attached hydrogens (tertiary/aromatic N) is 2. The lowest BCUT2D eigenvalue weighted by molar-refractivity contribution is -0.121. The summed E-state index contributed by atoms with van der Waals surface area (Å²) in [7, 11) is -2.20.